The van der Waals surface area contributed by atoms with E-state index in [-0.39, 0.29) is 17.5 Å². The van der Waals surface area contributed by atoms with E-state index < -0.39 is 0 Å². The van der Waals surface area contributed by atoms with Gasteiger partial charge in [0, 0.05) is 10.2 Å². The number of fused-ring (bicyclic) bond motifs is 1. The third-order valence-corrected chi connectivity index (χ3v) is 5.21. The average molecular weight is 428 g/mol. The summed E-state index contributed by atoms with van der Waals surface area (Å²) in [6, 6.07) is 9.55. The summed E-state index contributed by atoms with van der Waals surface area (Å²) in [5.41, 5.74) is 5.56. The molecular weight excluding hydrogens is 406 g/mol. The van der Waals surface area contributed by atoms with E-state index in [1.54, 1.807) is 0 Å². The quantitative estimate of drug-likeness (QED) is 0.595. The predicted octanol–water partition coefficient (Wildman–Crippen LogP) is 5.36. The van der Waals surface area contributed by atoms with Gasteiger partial charge in [0.05, 0.1) is 17.6 Å². The Bertz CT molecular complexity index is 1020. The second kappa shape index (κ2) is 8.05. The molecule has 1 heterocycles. The molecule has 5 nitrogen and oxygen atoms in total. The van der Waals surface area contributed by atoms with Crippen molar-refractivity contribution in [3.8, 4) is 5.88 Å². The zero-order chi connectivity index (χ0) is 19.6. The maximum absolute atomic E-state index is 12.9. The predicted molar refractivity (Wildman–Crippen MR) is 112 cm³/mol. The SMILES string of the molecule is CCCOc1nc2cc(C)c(C)cc2nc1C(=O)Nc1ccc(Br)c(C)c1. The fourth-order valence-corrected chi connectivity index (χ4v) is 2.90. The summed E-state index contributed by atoms with van der Waals surface area (Å²) in [5, 5.41) is 2.89. The zero-order valence-corrected chi connectivity index (χ0v) is 17.5. The summed E-state index contributed by atoms with van der Waals surface area (Å²) in [6.07, 6.45) is 0.819. The van der Waals surface area contributed by atoms with Crippen LogP contribution in [0, 0.1) is 20.8 Å². The molecule has 0 saturated carbocycles. The Morgan fingerprint density at radius 1 is 1.04 bits per heavy atom. The number of anilines is 1. The minimum atomic E-state index is -0.338. The number of aryl methyl sites for hydroxylation is 3. The molecule has 0 aliphatic rings. The van der Waals surface area contributed by atoms with Crippen LogP contribution in [0.5, 0.6) is 5.88 Å². The zero-order valence-electron chi connectivity index (χ0n) is 15.9. The van der Waals surface area contributed by atoms with Crippen LogP contribution in [0.4, 0.5) is 5.69 Å². The molecule has 2 aromatic carbocycles. The molecule has 0 fully saturated rings. The number of rotatable bonds is 5. The summed E-state index contributed by atoms with van der Waals surface area (Å²) >= 11 is 3.47. The molecular formula is C21H22BrN3O2. The Kier molecular flexibility index (Phi) is 5.75. The molecule has 0 unspecified atom stereocenters. The molecule has 0 bridgehead atoms. The van der Waals surface area contributed by atoms with E-state index >= 15 is 0 Å². The van der Waals surface area contributed by atoms with Crippen LogP contribution in [0.1, 0.15) is 40.5 Å². The Balaban J connectivity index is 2.02. The second-order valence-electron chi connectivity index (χ2n) is 6.57. The van der Waals surface area contributed by atoms with Crippen LogP contribution in [-0.2, 0) is 0 Å². The minimum absolute atomic E-state index is 0.194. The topological polar surface area (TPSA) is 64.1 Å². The van der Waals surface area contributed by atoms with Crippen LogP contribution in [0.3, 0.4) is 0 Å². The molecule has 0 atom stereocenters. The van der Waals surface area contributed by atoms with E-state index in [4.69, 9.17) is 4.74 Å². The van der Waals surface area contributed by atoms with E-state index in [1.807, 2.05) is 58.0 Å². The maximum atomic E-state index is 12.9. The molecule has 140 valence electrons. The molecule has 0 spiro atoms. The van der Waals surface area contributed by atoms with Gasteiger partial charge in [-0.05, 0) is 74.2 Å². The van der Waals surface area contributed by atoms with Crippen molar-refractivity contribution < 1.29 is 9.53 Å². The van der Waals surface area contributed by atoms with Gasteiger partial charge in [0.15, 0.2) is 5.69 Å². The summed E-state index contributed by atoms with van der Waals surface area (Å²) < 4.78 is 6.71. The second-order valence-corrected chi connectivity index (χ2v) is 7.42. The lowest BCUT2D eigenvalue weighted by Crippen LogP contribution is -2.17. The number of aromatic nitrogens is 2. The molecule has 3 rings (SSSR count). The van der Waals surface area contributed by atoms with Crippen LogP contribution in [0.2, 0.25) is 0 Å². The van der Waals surface area contributed by atoms with E-state index in [0.717, 1.165) is 33.1 Å². The van der Waals surface area contributed by atoms with Crippen molar-refractivity contribution >= 4 is 38.6 Å². The lowest BCUT2D eigenvalue weighted by molar-refractivity contribution is 0.101. The van der Waals surface area contributed by atoms with Crippen LogP contribution in [0.25, 0.3) is 11.0 Å². The van der Waals surface area contributed by atoms with Crippen molar-refractivity contribution in [2.24, 2.45) is 0 Å². The molecule has 0 aliphatic heterocycles. The third kappa shape index (κ3) is 4.27. The number of nitrogens with one attached hydrogen (secondary N) is 1. The highest BCUT2D eigenvalue weighted by Gasteiger charge is 2.19. The summed E-state index contributed by atoms with van der Waals surface area (Å²) in [6.45, 7) is 8.49. The van der Waals surface area contributed by atoms with Gasteiger partial charge >= 0.3 is 0 Å². The number of hydrogen-bond acceptors (Lipinski definition) is 4. The van der Waals surface area contributed by atoms with Gasteiger partial charge in [-0.15, -0.1) is 0 Å². The Hall–Kier alpha value is -2.47. The largest absolute Gasteiger partial charge is 0.476 e. The molecule has 0 saturated heterocycles. The Morgan fingerprint density at radius 3 is 2.33 bits per heavy atom. The van der Waals surface area contributed by atoms with Crippen molar-refractivity contribution in [2.45, 2.75) is 34.1 Å². The molecule has 27 heavy (non-hydrogen) atoms. The summed E-state index contributed by atoms with van der Waals surface area (Å²) in [5.74, 6) is -0.0746. The number of ether oxygens (including phenoxy) is 1. The molecule has 3 aromatic rings. The van der Waals surface area contributed by atoms with E-state index in [9.17, 15) is 4.79 Å². The Labute approximate surface area is 167 Å². The van der Waals surface area contributed by atoms with Gasteiger partial charge < -0.3 is 10.1 Å². The van der Waals surface area contributed by atoms with Crippen molar-refractivity contribution in [2.75, 3.05) is 11.9 Å². The smallest absolute Gasteiger partial charge is 0.279 e. The highest BCUT2D eigenvalue weighted by Crippen LogP contribution is 2.24. The van der Waals surface area contributed by atoms with Crippen molar-refractivity contribution in [1.29, 1.82) is 0 Å². The van der Waals surface area contributed by atoms with Crippen LogP contribution < -0.4 is 10.1 Å². The van der Waals surface area contributed by atoms with E-state index in [0.29, 0.717) is 17.8 Å². The minimum Gasteiger partial charge on any atom is -0.476 e. The monoisotopic (exact) mass is 427 g/mol. The maximum Gasteiger partial charge on any atom is 0.279 e. The van der Waals surface area contributed by atoms with Gasteiger partial charge in [-0.1, -0.05) is 22.9 Å². The van der Waals surface area contributed by atoms with Crippen molar-refractivity contribution in [1.82, 2.24) is 9.97 Å². The summed E-state index contributed by atoms with van der Waals surface area (Å²) in [4.78, 5) is 22.0. The first-order chi connectivity index (χ1) is 12.9. The van der Waals surface area contributed by atoms with Gasteiger partial charge in [0.25, 0.3) is 5.91 Å². The van der Waals surface area contributed by atoms with Crippen LogP contribution in [-0.4, -0.2) is 22.5 Å². The van der Waals surface area contributed by atoms with Gasteiger partial charge in [-0.25, -0.2) is 9.97 Å². The Morgan fingerprint density at radius 2 is 1.70 bits per heavy atom. The van der Waals surface area contributed by atoms with Gasteiger partial charge in [0.1, 0.15) is 0 Å². The fraction of sp³-hybridized carbons (Fsp3) is 0.286. The highest BCUT2D eigenvalue weighted by molar-refractivity contribution is 9.10. The van der Waals surface area contributed by atoms with Crippen molar-refractivity contribution in [3.63, 3.8) is 0 Å². The van der Waals surface area contributed by atoms with Crippen LogP contribution in [0.15, 0.2) is 34.8 Å². The first-order valence-electron chi connectivity index (χ1n) is 8.88. The molecule has 0 aliphatic carbocycles. The molecule has 0 radical (unpaired) electrons. The lowest BCUT2D eigenvalue weighted by atomic mass is 10.1. The number of halogens is 1. The summed E-state index contributed by atoms with van der Waals surface area (Å²) in [7, 11) is 0. The number of carbonyl (C=O) groups excluding carboxylic acids is 1. The normalized spacial score (nSPS) is 10.9. The van der Waals surface area contributed by atoms with E-state index in [1.165, 1.54) is 0 Å². The first kappa shape index (κ1) is 19.3. The number of benzene rings is 2. The molecule has 1 aromatic heterocycles. The van der Waals surface area contributed by atoms with Gasteiger partial charge in [-0.3, -0.25) is 4.79 Å². The highest BCUT2D eigenvalue weighted by atomic mass is 79.9. The van der Waals surface area contributed by atoms with Gasteiger partial charge in [-0.2, -0.15) is 0 Å². The van der Waals surface area contributed by atoms with Crippen LogP contribution >= 0.6 is 15.9 Å². The number of amides is 1. The third-order valence-electron chi connectivity index (χ3n) is 4.32. The average Bonchev–Trinajstić information content (AvgIpc) is 2.63. The molecule has 6 heteroatoms. The molecule has 1 amide bonds. The molecule has 1 N–H and O–H groups in total. The fourth-order valence-electron chi connectivity index (χ4n) is 2.66. The number of carbonyl (C=O) groups is 1. The number of hydrogen-bond donors (Lipinski definition) is 1. The first-order valence-corrected chi connectivity index (χ1v) is 9.67. The lowest BCUT2D eigenvalue weighted by Gasteiger charge is -2.12. The van der Waals surface area contributed by atoms with E-state index in [2.05, 4.69) is 31.2 Å². The van der Waals surface area contributed by atoms with Gasteiger partial charge in [0.2, 0.25) is 5.88 Å². The van der Waals surface area contributed by atoms with Crippen molar-refractivity contribution in [3.05, 3.63) is 57.2 Å². The standard InChI is InChI=1S/C21H22BrN3O2/c1-5-8-27-21-19(20(26)23-15-6-7-16(22)14(4)9-15)24-17-10-12(2)13(3)11-18(17)25-21/h6-7,9-11H,5,8H2,1-4H3,(H,23,26). The number of nitrogens with zero attached hydrogens (tertiary/aromatic N) is 2.